The van der Waals surface area contributed by atoms with Gasteiger partial charge in [0.1, 0.15) is 11.7 Å². The topological polar surface area (TPSA) is 74.2 Å². The number of rotatable bonds is 0. The van der Waals surface area contributed by atoms with Crippen molar-refractivity contribution in [2.45, 2.75) is 116 Å². The minimum atomic E-state index is -0.893. The lowest BCUT2D eigenvalue weighted by molar-refractivity contribution is -0.189. The molecule has 0 radical (unpaired) electrons. The van der Waals surface area contributed by atoms with Gasteiger partial charge in [0, 0.05) is 23.2 Å². The molecule has 2 aliphatic heterocycles. The Morgan fingerprint density at radius 2 is 1.59 bits per heavy atom. The number of aliphatic hydroxyl groups is 1. The number of ether oxygens (including phenoxy) is 4. The van der Waals surface area contributed by atoms with Crippen LogP contribution < -0.4 is 0 Å². The predicted molar refractivity (Wildman–Crippen MR) is 119 cm³/mol. The van der Waals surface area contributed by atoms with E-state index in [9.17, 15) is 9.90 Å². The number of carbonyl (C=O) groups is 1. The first-order chi connectivity index (χ1) is 14.6. The summed E-state index contributed by atoms with van der Waals surface area (Å²) in [6.45, 7) is 20.5. The lowest BCUT2D eigenvalue weighted by Crippen LogP contribution is -2.68. The zero-order valence-electron chi connectivity index (χ0n) is 20.7. The Kier molecular flexibility index (Phi) is 4.50. The molecule has 0 aromatic rings. The van der Waals surface area contributed by atoms with Crippen LogP contribution in [0.4, 0.5) is 0 Å². The Morgan fingerprint density at radius 3 is 2.25 bits per heavy atom. The van der Waals surface area contributed by atoms with E-state index in [4.69, 9.17) is 18.9 Å². The second kappa shape index (κ2) is 6.33. The highest BCUT2D eigenvalue weighted by molar-refractivity contribution is 5.98. The molecule has 5 rings (SSSR count). The van der Waals surface area contributed by atoms with Gasteiger partial charge in [0.2, 0.25) is 0 Å². The van der Waals surface area contributed by atoms with Gasteiger partial charge in [-0.05, 0) is 64.2 Å². The van der Waals surface area contributed by atoms with E-state index in [-0.39, 0.29) is 30.3 Å². The average molecular weight is 447 g/mol. The quantitative estimate of drug-likeness (QED) is 0.566. The maximum Gasteiger partial charge on any atom is 0.164 e. The largest absolute Gasteiger partial charge is 0.389 e. The van der Waals surface area contributed by atoms with Crippen LogP contribution in [0.15, 0.2) is 23.3 Å². The standard InChI is InChI=1S/C26H38O6/c1-13-15(27)10-11-25(9)18(13)20-26(32-24(7,8)30-20)12-16(28)14(2)17(22(26,3)4)19-21(25)31-23(5,6)29-19/h15,18-21,27H,1,10-12H2,2-9H3/t15?,18?,19-,20?,21?,25-,26-/m1/s1. The van der Waals surface area contributed by atoms with Crippen molar-refractivity contribution in [3.63, 3.8) is 0 Å². The molecule has 1 N–H and O–H groups in total. The van der Waals surface area contributed by atoms with Crippen molar-refractivity contribution < 1.29 is 28.8 Å². The fourth-order valence-electron chi connectivity index (χ4n) is 7.62. The van der Waals surface area contributed by atoms with Crippen molar-refractivity contribution in [1.82, 2.24) is 0 Å². The Hall–Kier alpha value is -1.05. The van der Waals surface area contributed by atoms with E-state index in [1.807, 2.05) is 34.6 Å². The first-order valence-electron chi connectivity index (χ1n) is 11.9. The smallest absolute Gasteiger partial charge is 0.164 e. The summed E-state index contributed by atoms with van der Waals surface area (Å²) >= 11 is 0. The summed E-state index contributed by atoms with van der Waals surface area (Å²) in [4.78, 5) is 13.5. The van der Waals surface area contributed by atoms with Gasteiger partial charge in [0.25, 0.3) is 0 Å². The van der Waals surface area contributed by atoms with E-state index < -0.39 is 40.2 Å². The lowest BCUT2D eigenvalue weighted by Gasteiger charge is -2.60. The molecule has 0 aromatic heterocycles. The van der Waals surface area contributed by atoms with E-state index in [2.05, 4.69) is 27.4 Å². The summed E-state index contributed by atoms with van der Waals surface area (Å²) < 4.78 is 26.6. The molecule has 7 atom stereocenters. The monoisotopic (exact) mass is 446 g/mol. The van der Waals surface area contributed by atoms with E-state index in [0.717, 1.165) is 23.1 Å². The number of hydrogen-bond acceptors (Lipinski definition) is 6. The molecule has 4 fully saturated rings. The van der Waals surface area contributed by atoms with Crippen LogP contribution >= 0.6 is 0 Å². The molecule has 0 amide bonds. The number of allylic oxidation sites excluding steroid dienone is 1. The summed E-state index contributed by atoms with van der Waals surface area (Å²) in [5.41, 5.74) is 0.606. The molecule has 6 nitrogen and oxygen atoms in total. The summed E-state index contributed by atoms with van der Waals surface area (Å²) in [6.07, 6.45) is -0.151. The number of aliphatic hydroxyl groups excluding tert-OH is 1. The zero-order valence-corrected chi connectivity index (χ0v) is 20.7. The minimum absolute atomic E-state index is 0.0586. The normalized spacial score (nSPS) is 48.6. The second-order valence-electron chi connectivity index (χ2n) is 12.3. The maximum absolute atomic E-state index is 13.5. The second-order valence-corrected chi connectivity index (χ2v) is 12.3. The molecule has 4 unspecified atom stereocenters. The predicted octanol–water partition coefficient (Wildman–Crippen LogP) is 4.06. The third-order valence-corrected chi connectivity index (χ3v) is 9.10. The van der Waals surface area contributed by atoms with Crippen LogP contribution in [-0.2, 0) is 23.7 Å². The third-order valence-electron chi connectivity index (χ3n) is 9.10. The summed E-state index contributed by atoms with van der Waals surface area (Å²) in [6, 6.07) is 0. The molecule has 5 aliphatic rings. The Labute approximate surface area is 191 Å². The highest BCUT2D eigenvalue weighted by atomic mass is 16.8. The molecule has 2 bridgehead atoms. The zero-order chi connectivity index (χ0) is 23.6. The summed E-state index contributed by atoms with van der Waals surface area (Å²) in [5.74, 6) is -1.85. The van der Waals surface area contributed by atoms with E-state index in [1.165, 1.54) is 0 Å². The fraction of sp³-hybridized carbons (Fsp3) is 0.808. The Bertz CT molecular complexity index is 929. The first kappa shape index (κ1) is 22.7. The molecule has 2 heterocycles. The molecule has 1 spiro atoms. The molecule has 0 aromatic carbocycles. The van der Waals surface area contributed by atoms with Crippen LogP contribution in [-0.4, -0.2) is 52.5 Å². The third kappa shape index (κ3) is 2.67. The van der Waals surface area contributed by atoms with Crippen LogP contribution in [0.3, 0.4) is 0 Å². The molecule has 3 aliphatic carbocycles. The van der Waals surface area contributed by atoms with Crippen LogP contribution in [0.1, 0.15) is 74.7 Å². The van der Waals surface area contributed by atoms with Crippen molar-refractivity contribution >= 4 is 5.78 Å². The van der Waals surface area contributed by atoms with Gasteiger partial charge in [-0.1, -0.05) is 27.4 Å². The molecule has 32 heavy (non-hydrogen) atoms. The average Bonchev–Trinajstić information content (AvgIpc) is 3.11. The highest BCUT2D eigenvalue weighted by Gasteiger charge is 2.74. The molecule has 2 saturated heterocycles. The molecule has 6 heteroatoms. The van der Waals surface area contributed by atoms with E-state index in [0.29, 0.717) is 6.42 Å². The Balaban J connectivity index is 1.84. The van der Waals surface area contributed by atoms with Gasteiger partial charge in [-0.25, -0.2) is 0 Å². The number of ketones is 1. The van der Waals surface area contributed by atoms with Gasteiger partial charge < -0.3 is 24.1 Å². The maximum atomic E-state index is 13.5. The van der Waals surface area contributed by atoms with Crippen LogP contribution in [0, 0.1) is 16.7 Å². The van der Waals surface area contributed by atoms with Gasteiger partial charge in [-0.3, -0.25) is 4.79 Å². The Morgan fingerprint density at radius 1 is 0.969 bits per heavy atom. The van der Waals surface area contributed by atoms with Gasteiger partial charge in [0.05, 0.1) is 18.3 Å². The summed E-state index contributed by atoms with van der Waals surface area (Å²) in [7, 11) is 0. The molecule has 2 saturated carbocycles. The highest BCUT2D eigenvalue weighted by Crippen LogP contribution is 2.67. The first-order valence-corrected chi connectivity index (χ1v) is 11.9. The molecule has 178 valence electrons. The molecular weight excluding hydrogens is 408 g/mol. The van der Waals surface area contributed by atoms with Crippen molar-refractivity contribution in [1.29, 1.82) is 0 Å². The number of hydrogen-bond donors (Lipinski definition) is 1. The van der Waals surface area contributed by atoms with Crippen molar-refractivity contribution in [2.75, 3.05) is 0 Å². The van der Waals surface area contributed by atoms with Crippen molar-refractivity contribution in [3.05, 3.63) is 23.3 Å². The van der Waals surface area contributed by atoms with Crippen molar-refractivity contribution in [2.24, 2.45) is 16.7 Å². The van der Waals surface area contributed by atoms with E-state index in [1.54, 1.807) is 0 Å². The van der Waals surface area contributed by atoms with Gasteiger partial charge in [0.15, 0.2) is 17.4 Å². The van der Waals surface area contributed by atoms with Gasteiger partial charge in [-0.15, -0.1) is 0 Å². The van der Waals surface area contributed by atoms with Gasteiger partial charge in [-0.2, -0.15) is 0 Å². The molecular formula is C26H38O6. The van der Waals surface area contributed by atoms with Crippen LogP contribution in [0.2, 0.25) is 0 Å². The number of carbonyl (C=O) groups excluding carboxylic acids is 1. The van der Waals surface area contributed by atoms with E-state index >= 15 is 0 Å². The number of fused-ring (bicyclic) bond motifs is 6. The lowest BCUT2D eigenvalue weighted by atomic mass is 9.48. The van der Waals surface area contributed by atoms with Crippen LogP contribution in [0.25, 0.3) is 0 Å². The number of Topliss-reactive ketones (excluding diaryl/α,β-unsaturated/α-hetero) is 1. The van der Waals surface area contributed by atoms with Crippen molar-refractivity contribution in [3.8, 4) is 0 Å². The fourth-order valence-corrected chi connectivity index (χ4v) is 7.62. The van der Waals surface area contributed by atoms with Gasteiger partial charge >= 0.3 is 0 Å². The minimum Gasteiger partial charge on any atom is -0.389 e. The SMILES string of the molecule is C=C1C(O)CC[C@]2(C)C1C1OC(C)(C)O[C@]13CC(=O)C(C)=C([C@H]1OC(C)(C)OC12)C3(C)C. The van der Waals surface area contributed by atoms with Crippen LogP contribution in [0.5, 0.6) is 0 Å². The summed E-state index contributed by atoms with van der Waals surface area (Å²) in [5, 5.41) is 10.9.